The van der Waals surface area contributed by atoms with Crippen LogP contribution >= 0.6 is 27.5 Å². The minimum atomic E-state index is -0.238. The van der Waals surface area contributed by atoms with Gasteiger partial charge in [0.1, 0.15) is 5.82 Å². The van der Waals surface area contributed by atoms with Gasteiger partial charge in [-0.05, 0) is 54.6 Å². The molecule has 0 saturated heterocycles. The molecule has 0 radical (unpaired) electrons. The molecule has 0 spiro atoms. The molecular formula is C18H13BrClN3O. The van der Waals surface area contributed by atoms with Crippen LogP contribution in [0.25, 0.3) is 0 Å². The van der Waals surface area contributed by atoms with Gasteiger partial charge >= 0.3 is 0 Å². The lowest BCUT2D eigenvalue weighted by molar-refractivity contribution is 0.102. The molecule has 120 valence electrons. The van der Waals surface area contributed by atoms with Crippen LogP contribution in [0.2, 0.25) is 5.02 Å². The predicted octanol–water partition coefficient (Wildman–Crippen LogP) is 5.49. The standard InChI is InChI=1S/C18H13BrClN3O/c19-12-3-1-4-15(11-12)23-18(24)16-5-2-10-21-17(16)22-14-8-6-13(20)7-9-14/h1-11H,(H,21,22)(H,23,24). The zero-order chi connectivity index (χ0) is 16.9. The first-order valence-electron chi connectivity index (χ1n) is 7.16. The highest BCUT2D eigenvalue weighted by molar-refractivity contribution is 9.10. The third-order valence-corrected chi connectivity index (χ3v) is 3.99. The second-order valence-corrected chi connectivity index (χ2v) is 6.35. The van der Waals surface area contributed by atoms with E-state index in [0.29, 0.717) is 22.1 Å². The summed E-state index contributed by atoms with van der Waals surface area (Å²) in [7, 11) is 0. The van der Waals surface area contributed by atoms with E-state index in [0.717, 1.165) is 10.2 Å². The van der Waals surface area contributed by atoms with E-state index in [4.69, 9.17) is 11.6 Å². The Hall–Kier alpha value is -2.37. The Balaban J connectivity index is 1.83. The van der Waals surface area contributed by atoms with Crippen molar-refractivity contribution in [1.29, 1.82) is 0 Å². The number of carbonyl (C=O) groups excluding carboxylic acids is 1. The fourth-order valence-electron chi connectivity index (χ4n) is 2.12. The van der Waals surface area contributed by atoms with Crippen molar-refractivity contribution in [2.75, 3.05) is 10.6 Å². The molecule has 0 atom stereocenters. The van der Waals surface area contributed by atoms with Crippen molar-refractivity contribution in [3.63, 3.8) is 0 Å². The summed E-state index contributed by atoms with van der Waals surface area (Å²) in [5, 5.41) is 6.65. The number of nitrogens with zero attached hydrogens (tertiary/aromatic N) is 1. The molecule has 3 rings (SSSR count). The van der Waals surface area contributed by atoms with Crippen LogP contribution in [0.1, 0.15) is 10.4 Å². The summed E-state index contributed by atoms with van der Waals surface area (Å²) in [6, 6.07) is 18.1. The van der Waals surface area contributed by atoms with Gasteiger partial charge in [0.25, 0.3) is 5.91 Å². The van der Waals surface area contributed by atoms with Gasteiger partial charge in [0, 0.05) is 27.1 Å². The van der Waals surface area contributed by atoms with Crippen LogP contribution in [-0.4, -0.2) is 10.9 Å². The van der Waals surface area contributed by atoms with Crippen molar-refractivity contribution in [1.82, 2.24) is 4.98 Å². The lowest BCUT2D eigenvalue weighted by atomic mass is 10.2. The highest BCUT2D eigenvalue weighted by Gasteiger charge is 2.13. The molecule has 1 aromatic heterocycles. The van der Waals surface area contributed by atoms with Crippen molar-refractivity contribution in [2.24, 2.45) is 0 Å². The molecular weight excluding hydrogens is 390 g/mol. The number of carbonyl (C=O) groups is 1. The van der Waals surface area contributed by atoms with E-state index in [-0.39, 0.29) is 5.91 Å². The summed E-state index contributed by atoms with van der Waals surface area (Å²) in [4.78, 5) is 16.8. The molecule has 3 aromatic rings. The number of halogens is 2. The molecule has 4 nitrogen and oxygen atoms in total. The smallest absolute Gasteiger partial charge is 0.259 e. The summed E-state index contributed by atoms with van der Waals surface area (Å²) < 4.78 is 0.894. The normalized spacial score (nSPS) is 10.2. The van der Waals surface area contributed by atoms with Crippen LogP contribution in [0.3, 0.4) is 0 Å². The average molecular weight is 403 g/mol. The second kappa shape index (κ2) is 7.47. The van der Waals surface area contributed by atoms with Crippen molar-refractivity contribution in [3.05, 3.63) is 81.9 Å². The number of nitrogens with one attached hydrogen (secondary N) is 2. The summed E-state index contributed by atoms with van der Waals surface area (Å²) in [5.74, 6) is 0.241. The van der Waals surface area contributed by atoms with Gasteiger partial charge in [-0.25, -0.2) is 4.98 Å². The summed E-state index contributed by atoms with van der Waals surface area (Å²) in [5.41, 5.74) is 1.96. The molecule has 1 amide bonds. The van der Waals surface area contributed by atoms with E-state index < -0.39 is 0 Å². The van der Waals surface area contributed by atoms with Gasteiger partial charge in [0.2, 0.25) is 0 Å². The van der Waals surface area contributed by atoms with Crippen molar-refractivity contribution >= 4 is 50.6 Å². The average Bonchev–Trinajstić information content (AvgIpc) is 2.57. The lowest BCUT2D eigenvalue weighted by Crippen LogP contribution is -2.14. The van der Waals surface area contributed by atoms with E-state index in [9.17, 15) is 4.79 Å². The Morgan fingerprint density at radius 3 is 2.54 bits per heavy atom. The first-order chi connectivity index (χ1) is 11.6. The molecule has 0 aliphatic carbocycles. The molecule has 6 heteroatoms. The number of pyridine rings is 1. The Morgan fingerprint density at radius 1 is 1.00 bits per heavy atom. The number of aromatic nitrogens is 1. The van der Waals surface area contributed by atoms with Crippen molar-refractivity contribution in [3.8, 4) is 0 Å². The Kier molecular flexibility index (Phi) is 5.13. The summed E-state index contributed by atoms with van der Waals surface area (Å²) in [6.45, 7) is 0. The summed E-state index contributed by atoms with van der Waals surface area (Å²) >= 11 is 9.27. The van der Waals surface area contributed by atoms with E-state index in [1.807, 2.05) is 36.4 Å². The quantitative estimate of drug-likeness (QED) is 0.606. The van der Waals surface area contributed by atoms with Crippen molar-refractivity contribution in [2.45, 2.75) is 0 Å². The predicted molar refractivity (Wildman–Crippen MR) is 101 cm³/mol. The van der Waals surface area contributed by atoms with Crippen molar-refractivity contribution < 1.29 is 4.79 Å². The molecule has 2 aromatic carbocycles. The Bertz CT molecular complexity index is 868. The molecule has 2 N–H and O–H groups in total. The Labute approximate surface area is 153 Å². The van der Waals surface area contributed by atoms with E-state index in [1.165, 1.54) is 0 Å². The first kappa shape index (κ1) is 16.5. The van der Waals surface area contributed by atoms with Gasteiger partial charge in [0.15, 0.2) is 0 Å². The largest absolute Gasteiger partial charge is 0.340 e. The number of amides is 1. The van der Waals surface area contributed by atoms with E-state index in [1.54, 1.807) is 30.5 Å². The zero-order valence-corrected chi connectivity index (χ0v) is 14.8. The molecule has 1 heterocycles. The molecule has 0 aliphatic rings. The van der Waals surface area contributed by atoms with Crippen LogP contribution in [0.4, 0.5) is 17.2 Å². The van der Waals surface area contributed by atoms with Gasteiger partial charge in [-0.15, -0.1) is 0 Å². The molecule has 0 unspecified atom stereocenters. The number of hydrogen-bond acceptors (Lipinski definition) is 3. The number of anilines is 3. The van der Waals surface area contributed by atoms with Gasteiger partial charge in [0.05, 0.1) is 5.56 Å². The van der Waals surface area contributed by atoms with Gasteiger partial charge in [-0.1, -0.05) is 33.6 Å². The number of benzene rings is 2. The second-order valence-electron chi connectivity index (χ2n) is 5.00. The third-order valence-electron chi connectivity index (χ3n) is 3.24. The topological polar surface area (TPSA) is 54.0 Å². The van der Waals surface area contributed by atoms with Gasteiger partial charge in [-0.2, -0.15) is 0 Å². The monoisotopic (exact) mass is 401 g/mol. The van der Waals surface area contributed by atoms with Crippen LogP contribution < -0.4 is 10.6 Å². The number of rotatable bonds is 4. The highest BCUT2D eigenvalue weighted by atomic mass is 79.9. The maximum absolute atomic E-state index is 12.6. The van der Waals surface area contributed by atoms with Crippen LogP contribution in [0.15, 0.2) is 71.3 Å². The Morgan fingerprint density at radius 2 is 1.79 bits per heavy atom. The third kappa shape index (κ3) is 4.13. The highest BCUT2D eigenvalue weighted by Crippen LogP contribution is 2.22. The van der Waals surface area contributed by atoms with E-state index >= 15 is 0 Å². The van der Waals surface area contributed by atoms with Gasteiger partial charge < -0.3 is 10.6 Å². The zero-order valence-electron chi connectivity index (χ0n) is 12.5. The number of hydrogen-bond donors (Lipinski definition) is 2. The fraction of sp³-hybridized carbons (Fsp3) is 0. The van der Waals surface area contributed by atoms with Crippen LogP contribution in [-0.2, 0) is 0 Å². The molecule has 0 bridgehead atoms. The first-order valence-corrected chi connectivity index (χ1v) is 8.33. The van der Waals surface area contributed by atoms with Crippen LogP contribution in [0, 0.1) is 0 Å². The maximum Gasteiger partial charge on any atom is 0.259 e. The lowest BCUT2D eigenvalue weighted by Gasteiger charge is -2.11. The fourth-order valence-corrected chi connectivity index (χ4v) is 2.65. The SMILES string of the molecule is O=C(Nc1cccc(Br)c1)c1cccnc1Nc1ccc(Cl)cc1. The molecule has 0 fully saturated rings. The van der Waals surface area contributed by atoms with Gasteiger partial charge in [-0.3, -0.25) is 4.79 Å². The molecule has 0 saturated carbocycles. The minimum absolute atomic E-state index is 0.238. The van der Waals surface area contributed by atoms with Crippen LogP contribution in [0.5, 0.6) is 0 Å². The molecule has 0 aliphatic heterocycles. The molecule has 24 heavy (non-hydrogen) atoms. The summed E-state index contributed by atoms with van der Waals surface area (Å²) in [6.07, 6.45) is 1.63. The maximum atomic E-state index is 12.6. The minimum Gasteiger partial charge on any atom is -0.340 e. The van der Waals surface area contributed by atoms with E-state index in [2.05, 4.69) is 31.5 Å².